The molecule has 1 fully saturated rings. The minimum Gasteiger partial charge on any atom is -0.373 e. The third-order valence-corrected chi connectivity index (χ3v) is 1.81. The summed E-state index contributed by atoms with van der Waals surface area (Å²) in [5.74, 6) is 0. The minimum absolute atomic E-state index is 0.0774. The van der Waals surface area contributed by atoms with Crippen LogP contribution in [0.3, 0.4) is 0 Å². The molecule has 0 unspecified atom stereocenters. The van der Waals surface area contributed by atoms with Crippen LogP contribution in [0.5, 0.6) is 0 Å². The van der Waals surface area contributed by atoms with Gasteiger partial charge in [-0.05, 0) is 39.1 Å². The van der Waals surface area contributed by atoms with E-state index >= 15 is 0 Å². The lowest BCUT2D eigenvalue weighted by molar-refractivity contribution is -0.0976. The van der Waals surface area contributed by atoms with Crippen molar-refractivity contribution < 1.29 is 4.74 Å². The van der Waals surface area contributed by atoms with Crippen LogP contribution in [0.1, 0.15) is 33.6 Å². The van der Waals surface area contributed by atoms with Crippen molar-refractivity contribution in [2.24, 2.45) is 5.11 Å². The highest BCUT2D eigenvalue weighted by Gasteiger charge is 2.31. The van der Waals surface area contributed by atoms with E-state index in [2.05, 4.69) is 10.0 Å². The first-order valence-electron chi connectivity index (χ1n) is 4.23. The van der Waals surface area contributed by atoms with Crippen LogP contribution in [0.4, 0.5) is 0 Å². The Morgan fingerprint density at radius 3 is 2.42 bits per heavy atom. The van der Waals surface area contributed by atoms with E-state index in [4.69, 9.17) is 10.3 Å². The number of nitrogens with zero attached hydrogens (tertiary/aromatic N) is 3. The molecular weight excluding hydrogens is 154 g/mol. The van der Waals surface area contributed by atoms with Crippen molar-refractivity contribution in [3.8, 4) is 0 Å². The number of azide groups is 1. The molecule has 0 aromatic carbocycles. The van der Waals surface area contributed by atoms with E-state index in [1.807, 2.05) is 20.8 Å². The molecule has 0 aliphatic heterocycles. The fraction of sp³-hybridized carbons (Fsp3) is 1.00. The number of hydrogen-bond acceptors (Lipinski definition) is 2. The molecule has 0 atom stereocenters. The molecule has 12 heavy (non-hydrogen) atoms. The van der Waals surface area contributed by atoms with E-state index in [0.29, 0.717) is 6.10 Å². The van der Waals surface area contributed by atoms with Crippen LogP contribution >= 0.6 is 0 Å². The monoisotopic (exact) mass is 169 g/mol. The summed E-state index contributed by atoms with van der Waals surface area (Å²) in [4.78, 5) is 2.76. The molecule has 1 aliphatic rings. The average molecular weight is 169 g/mol. The van der Waals surface area contributed by atoms with Crippen LogP contribution in [0.15, 0.2) is 5.11 Å². The van der Waals surface area contributed by atoms with Gasteiger partial charge in [-0.2, -0.15) is 0 Å². The zero-order valence-electron chi connectivity index (χ0n) is 7.82. The first kappa shape index (κ1) is 9.36. The van der Waals surface area contributed by atoms with E-state index < -0.39 is 0 Å². The summed E-state index contributed by atoms with van der Waals surface area (Å²) in [5.41, 5.74) is 8.06. The lowest BCUT2D eigenvalue weighted by atomic mass is 9.89. The predicted octanol–water partition coefficient (Wildman–Crippen LogP) is 2.64. The second-order valence-electron chi connectivity index (χ2n) is 4.18. The second kappa shape index (κ2) is 3.33. The van der Waals surface area contributed by atoms with E-state index in [9.17, 15) is 0 Å². The first-order valence-corrected chi connectivity index (χ1v) is 4.23. The largest absolute Gasteiger partial charge is 0.373 e. The van der Waals surface area contributed by atoms with Crippen LogP contribution in [0.2, 0.25) is 0 Å². The molecular formula is C8H15N3O. The van der Waals surface area contributed by atoms with Crippen molar-refractivity contribution in [1.82, 2.24) is 0 Å². The van der Waals surface area contributed by atoms with Gasteiger partial charge in [-0.15, -0.1) is 0 Å². The molecule has 0 aromatic heterocycles. The molecule has 1 rings (SSSR count). The van der Waals surface area contributed by atoms with Gasteiger partial charge in [0, 0.05) is 11.0 Å². The predicted molar refractivity (Wildman–Crippen MR) is 46.8 cm³/mol. The van der Waals surface area contributed by atoms with Gasteiger partial charge in [0.05, 0.1) is 11.7 Å². The lowest BCUT2D eigenvalue weighted by Gasteiger charge is -2.37. The summed E-state index contributed by atoms with van der Waals surface area (Å²) in [7, 11) is 0. The molecule has 0 aromatic rings. The Kier molecular flexibility index (Phi) is 2.60. The zero-order chi connectivity index (χ0) is 9.19. The van der Waals surface area contributed by atoms with Gasteiger partial charge in [-0.3, -0.25) is 0 Å². The molecule has 4 nitrogen and oxygen atoms in total. The van der Waals surface area contributed by atoms with Gasteiger partial charge >= 0.3 is 0 Å². The summed E-state index contributed by atoms with van der Waals surface area (Å²) in [6.07, 6.45) is 2.04. The van der Waals surface area contributed by atoms with Crippen LogP contribution in [0, 0.1) is 0 Å². The van der Waals surface area contributed by atoms with Crippen molar-refractivity contribution in [2.45, 2.75) is 51.4 Å². The maximum Gasteiger partial charge on any atom is 0.0602 e. The molecule has 68 valence electrons. The standard InChI is InChI=1S/C8H15N3O/c1-8(2,3)12-7-4-6(5-7)10-11-9/h6-7H,4-5H2,1-3H3. The van der Waals surface area contributed by atoms with Crippen LogP contribution in [-0.4, -0.2) is 17.7 Å². The highest BCUT2D eigenvalue weighted by Crippen LogP contribution is 2.29. The van der Waals surface area contributed by atoms with E-state index in [1.165, 1.54) is 0 Å². The van der Waals surface area contributed by atoms with Gasteiger partial charge in [0.25, 0.3) is 0 Å². The average Bonchev–Trinajstić information content (AvgIpc) is 1.80. The molecule has 0 heterocycles. The zero-order valence-corrected chi connectivity index (χ0v) is 7.82. The molecule has 0 N–H and O–H groups in total. The SMILES string of the molecule is CC(C)(C)OC1CC(N=[N+]=[N-])C1. The van der Waals surface area contributed by atoms with Gasteiger partial charge in [0.1, 0.15) is 0 Å². The molecule has 0 radical (unpaired) electrons. The van der Waals surface area contributed by atoms with Gasteiger partial charge < -0.3 is 4.74 Å². The Labute approximate surface area is 72.5 Å². The van der Waals surface area contributed by atoms with Crippen molar-refractivity contribution in [3.63, 3.8) is 0 Å². The summed E-state index contributed by atoms with van der Waals surface area (Å²) in [6.45, 7) is 6.11. The Hall–Kier alpha value is -0.730. The topological polar surface area (TPSA) is 58.0 Å². The Balaban J connectivity index is 2.22. The highest BCUT2D eigenvalue weighted by molar-refractivity contribution is 4.87. The quantitative estimate of drug-likeness (QED) is 0.356. The van der Waals surface area contributed by atoms with Crippen molar-refractivity contribution in [3.05, 3.63) is 10.4 Å². The Bertz CT molecular complexity index is 197. The van der Waals surface area contributed by atoms with E-state index in [-0.39, 0.29) is 11.6 Å². The van der Waals surface area contributed by atoms with Crippen LogP contribution in [-0.2, 0) is 4.74 Å². The number of hydrogen-bond donors (Lipinski definition) is 0. The van der Waals surface area contributed by atoms with Crippen molar-refractivity contribution in [2.75, 3.05) is 0 Å². The molecule has 1 saturated carbocycles. The normalized spacial score (nSPS) is 28.9. The summed E-state index contributed by atoms with van der Waals surface area (Å²) >= 11 is 0. The molecule has 1 aliphatic carbocycles. The van der Waals surface area contributed by atoms with Crippen LogP contribution < -0.4 is 0 Å². The number of ether oxygens (including phenoxy) is 1. The smallest absolute Gasteiger partial charge is 0.0602 e. The maximum atomic E-state index is 8.14. The fourth-order valence-corrected chi connectivity index (χ4v) is 1.30. The Morgan fingerprint density at radius 2 is 2.00 bits per heavy atom. The third-order valence-electron chi connectivity index (χ3n) is 1.81. The van der Waals surface area contributed by atoms with Gasteiger partial charge in [0.15, 0.2) is 0 Å². The molecule has 0 spiro atoms. The number of rotatable bonds is 2. The van der Waals surface area contributed by atoms with Gasteiger partial charge in [0.2, 0.25) is 0 Å². The van der Waals surface area contributed by atoms with Crippen molar-refractivity contribution in [1.29, 1.82) is 0 Å². The second-order valence-corrected chi connectivity index (χ2v) is 4.18. The maximum absolute atomic E-state index is 8.14. The third kappa shape index (κ3) is 2.72. The minimum atomic E-state index is -0.0774. The summed E-state index contributed by atoms with van der Waals surface area (Å²) < 4.78 is 5.67. The summed E-state index contributed by atoms with van der Waals surface area (Å²) in [5, 5.41) is 3.61. The van der Waals surface area contributed by atoms with Crippen LogP contribution in [0.25, 0.3) is 10.4 Å². The summed E-state index contributed by atoms with van der Waals surface area (Å²) in [6, 6.07) is 0.169. The van der Waals surface area contributed by atoms with Gasteiger partial charge in [-0.1, -0.05) is 5.11 Å². The highest BCUT2D eigenvalue weighted by atomic mass is 16.5. The van der Waals surface area contributed by atoms with E-state index in [0.717, 1.165) is 12.8 Å². The Morgan fingerprint density at radius 1 is 1.42 bits per heavy atom. The molecule has 0 bridgehead atoms. The van der Waals surface area contributed by atoms with Crippen molar-refractivity contribution >= 4 is 0 Å². The lowest BCUT2D eigenvalue weighted by Crippen LogP contribution is -2.39. The fourth-order valence-electron chi connectivity index (χ4n) is 1.30. The first-order chi connectivity index (χ1) is 5.51. The van der Waals surface area contributed by atoms with Gasteiger partial charge in [-0.25, -0.2) is 0 Å². The molecule has 0 amide bonds. The van der Waals surface area contributed by atoms with E-state index in [1.54, 1.807) is 0 Å². The molecule has 0 saturated heterocycles. The molecule has 4 heteroatoms.